The van der Waals surface area contributed by atoms with E-state index < -0.39 is 28.5 Å². The topological polar surface area (TPSA) is 69.6 Å². The summed E-state index contributed by atoms with van der Waals surface area (Å²) in [5, 5.41) is 11.0. The number of benzene rings is 1. The van der Waals surface area contributed by atoms with Crippen molar-refractivity contribution in [3.63, 3.8) is 0 Å². The Balaban J connectivity index is 1.54. The van der Waals surface area contributed by atoms with Crippen LogP contribution in [0.4, 0.5) is 8.78 Å². The molecule has 0 spiro atoms. The van der Waals surface area contributed by atoms with Crippen LogP contribution < -0.4 is 5.32 Å². The van der Waals surface area contributed by atoms with Gasteiger partial charge in [0.05, 0.1) is 12.1 Å². The standard InChI is InChI=1S/C17H19ClF2N2O3/c18-15-13(19)4-3-12(16(15)20)17(25)21-10-5-11(6-10)22(8-14(23)24)7-9-1-2-9/h3-4,9-11H,1-2,5-8H2,(H,21,25)(H,23,24). The molecule has 1 aromatic carbocycles. The van der Waals surface area contributed by atoms with Gasteiger partial charge in [-0.05, 0) is 43.7 Å². The second kappa shape index (κ2) is 7.25. The summed E-state index contributed by atoms with van der Waals surface area (Å²) in [6, 6.07) is 1.96. The van der Waals surface area contributed by atoms with Crippen LogP contribution in [0, 0.1) is 17.6 Å². The van der Waals surface area contributed by atoms with Crippen LogP contribution in [0.25, 0.3) is 0 Å². The van der Waals surface area contributed by atoms with Crippen molar-refractivity contribution < 1.29 is 23.5 Å². The Labute approximate surface area is 148 Å². The van der Waals surface area contributed by atoms with Crippen molar-refractivity contribution in [3.05, 3.63) is 34.4 Å². The summed E-state index contributed by atoms with van der Waals surface area (Å²) in [4.78, 5) is 25.1. The molecule has 2 aliphatic carbocycles. The van der Waals surface area contributed by atoms with Gasteiger partial charge in [0.25, 0.3) is 5.91 Å². The summed E-state index contributed by atoms with van der Waals surface area (Å²) < 4.78 is 27.0. The molecule has 8 heteroatoms. The summed E-state index contributed by atoms with van der Waals surface area (Å²) >= 11 is 5.49. The largest absolute Gasteiger partial charge is 0.480 e. The number of nitrogens with one attached hydrogen (secondary N) is 1. The summed E-state index contributed by atoms with van der Waals surface area (Å²) in [5.41, 5.74) is -0.296. The van der Waals surface area contributed by atoms with E-state index >= 15 is 0 Å². The van der Waals surface area contributed by atoms with E-state index in [1.807, 2.05) is 4.90 Å². The Bertz CT molecular complexity index is 691. The monoisotopic (exact) mass is 372 g/mol. The highest BCUT2D eigenvalue weighted by molar-refractivity contribution is 6.31. The zero-order valence-corrected chi connectivity index (χ0v) is 14.2. The molecule has 0 heterocycles. The molecule has 2 aliphatic rings. The van der Waals surface area contributed by atoms with Crippen molar-refractivity contribution in [2.75, 3.05) is 13.1 Å². The lowest BCUT2D eigenvalue weighted by atomic mass is 9.85. The van der Waals surface area contributed by atoms with Crippen LogP contribution in [0.3, 0.4) is 0 Å². The number of carbonyl (C=O) groups is 2. The van der Waals surface area contributed by atoms with E-state index in [4.69, 9.17) is 16.7 Å². The Morgan fingerprint density at radius 3 is 2.56 bits per heavy atom. The first-order chi connectivity index (χ1) is 11.8. The molecule has 0 aliphatic heterocycles. The van der Waals surface area contributed by atoms with Gasteiger partial charge in [-0.3, -0.25) is 14.5 Å². The van der Waals surface area contributed by atoms with Crippen molar-refractivity contribution >= 4 is 23.5 Å². The van der Waals surface area contributed by atoms with Crippen LogP contribution in [0.15, 0.2) is 12.1 Å². The number of amides is 1. The Hall–Kier alpha value is -1.73. The molecule has 25 heavy (non-hydrogen) atoms. The third-order valence-electron chi connectivity index (χ3n) is 4.77. The minimum atomic E-state index is -1.07. The van der Waals surface area contributed by atoms with Crippen LogP contribution in [-0.2, 0) is 4.79 Å². The van der Waals surface area contributed by atoms with E-state index in [1.165, 1.54) is 0 Å². The molecule has 2 fully saturated rings. The van der Waals surface area contributed by atoms with Gasteiger partial charge in [-0.15, -0.1) is 0 Å². The van der Waals surface area contributed by atoms with E-state index in [9.17, 15) is 18.4 Å². The van der Waals surface area contributed by atoms with E-state index in [-0.39, 0.29) is 24.2 Å². The molecule has 0 unspecified atom stereocenters. The van der Waals surface area contributed by atoms with Crippen molar-refractivity contribution in [3.8, 4) is 0 Å². The fourth-order valence-corrected chi connectivity index (χ4v) is 3.28. The van der Waals surface area contributed by atoms with Gasteiger partial charge >= 0.3 is 5.97 Å². The van der Waals surface area contributed by atoms with Crippen LogP contribution >= 0.6 is 11.6 Å². The van der Waals surface area contributed by atoms with Gasteiger partial charge in [0.15, 0.2) is 5.82 Å². The first-order valence-corrected chi connectivity index (χ1v) is 8.63. The van der Waals surface area contributed by atoms with Crippen LogP contribution in [0.1, 0.15) is 36.0 Å². The SMILES string of the molecule is O=C(O)CN(CC1CC1)C1CC(NC(=O)c2ccc(F)c(Cl)c2F)C1. The quantitative estimate of drug-likeness (QED) is 0.722. The van der Waals surface area contributed by atoms with Gasteiger partial charge in [-0.2, -0.15) is 0 Å². The number of hydrogen-bond donors (Lipinski definition) is 2. The maximum Gasteiger partial charge on any atom is 0.317 e. The molecule has 136 valence electrons. The average molecular weight is 373 g/mol. The van der Waals surface area contributed by atoms with Crippen LogP contribution in [-0.4, -0.2) is 47.1 Å². The maximum absolute atomic E-state index is 13.9. The predicted molar refractivity (Wildman–Crippen MR) is 87.6 cm³/mol. The molecule has 0 bridgehead atoms. The molecule has 3 rings (SSSR count). The maximum atomic E-state index is 13.9. The van der Waals surface area contributed by atoms with E-state index in [0.29, 0.717) is 18.8 Å². The van der Waals surface area contributed by atoms with Crippen molar-refractivity contribution in [1.82, 2.24) is 10.2 Å². The molecule has 1 aromatic rings. The molecule has 5 nitrogen and oxygen atoms in total. The lowest BCUT2D eigenvalue weighted by Gasteiger charge is -2.42. The zero-order chi connectivity index (χ0) is 18.1. The van der Waals surface area contributed by atoms with Gasteiger partial charge in [0, 0.05) is 18.6 Å². The summed E-state index contributed by atoms with van der Waals surface area (Å²) in [6.07, 6.45) is 3.49. The molecule has 0 saturated heterocycles. The Kier molecular flexibility index (Phi) is 5.24. The number of carbonyl (C=O) groups excluding carboxylic acids is 1. The second-order valence-corrected chi connectivity index (χ2v) is 7.16. The molecule has 0 radical (unpaired) electrons. The first-order valence-electron chi connectivity index (χ1n) is 8.25. The second-order valence-electron chi connectivity index (χ2n) is 6.79. The highest BCUT2D eigenvalue weighted by atomic mass is 35.5. The van der Waals surface area contributed by atoms with Crippen LogP contribution in [0.2, 0.25) is 5.02 Å². The molecule has 2 N–H and O–H groups in total. The van der Waals surface area contributed by atoms with Crippen molar-refractivity contribution in [2.45, 2.75) is 37.8 Å². The molecule has 1 amide bonds. The van der Waals surface area contributed by atoms with Crippen molar-refractivity contribution in [1.29, 1.82) is 0 Å². The molecular weight excluding hydrogens is 354 g/mol. The van der Waals surface area contributed by atoms with Gasteiger partial charge < -0.3 is 10.4 Å². The normalized spacial score (nSPS) is 22.6. The van der Waals surface area contributed by atoms with Crippen LogP contribution in [0.5, 0.6) is 0 Å². The number of rotatable bonds is 7. The Morgan fingerprint density at radius 1 is 1.28 bits per heavy atom. The number of hydrogen-bond acceptors (Lipinski definition) is 3. The summed E-state index contributed by atoms with van der Waals surface area (Å²) in [7, 11) is 0. The summed E-state index contributed by atoms with van der Waals surface area (Å²) in [6.45, 7) is 0.754. The minimum Gasteiger partial charge on any atom is -0.480 e. The lowest BCUT2D eigenvalue weighted by molar-refractivity contribution is -0.139. The van der Waals surface area contributed by atoms with E-state index in [2.05, 4.69) is 5.32 Å². The molecule has 0 aromatic heterocycles. The lowest BCUT2D eigenvalue weighted by Crippen LogP contribution is -2.55. The van der Waals surface area contributed by atoms with E-state index in [0.717, 1.165) is 31.5 Å². The first kappa shape index (κ1) is 18.1. The zero-order valence-electron chi connectivity index (χ0n) is 13.5. The third kappa shape index (κ3) is 4.27. The fraction of sp³-hybridized carbons (Fsp3) is 0.529. The highest BCUT2D eigenvalue weighted by Gasteiger charge is 2.38. The molecular formula is C17H19ClF2N2O3. The fourth-order valence-electron chi connectivity index (χ4n) is 3.12. The van der Waals surface area contributed by atoms with Gasteiger partial charge in [0.1, 0.15) is 10.8 Å². The van der Waals surface area contributed by atoms with E-state index in [1.54, 1.807) is 0 Å². The number of halogens is 3. The number of carboxylic acids is 1. The molecule has 0 atom stereocenters. The minimum absolute atomic E-state index is 0.00989. The Morgan fingerprint density at radius 2 is 1.96 bits per heavy atom. The molecule has 2 saturated carbocycles. The number of nitrogens with zero attached hydrogens (tertiary/aromatic N) is 1. The smallest absolute Gasteiger partial charge is 0.317 e. The highest BCUT2D eigenvalue weighted by Crippen LogP contribution is 2.34. The number of aliphatic carboxylic acids is 1. The third-order valence-corrected chi connectivity index (χ3v) is 5.12. The predicted octanol–water partition coefficient (Wildman–Crippen LogP) is 2.68. The van der Waals surface area contributed by atoms with Gasteiger partial charge in [0.2, 0.25) is 0 Å². The van der Waals surface area contributed by atoms with Gasteiger partial charge in [-0.25, -0.2) is 8.78 Å². The van der Waals surface area contributed by atoms with Gasteiger partial charge in [-0.1, -0.05) is 11.6 Å². The average Bonchev–Trinajstić information content (AvgIpc) is 3.31. The number of carboxylic acid groups (broad SMARTS) is 1. The summed E-state index contributed by atoms with van der Waals surface area (Å²) in [5.74, 6) is -2.92. The van der Waals surface area contributed by atoms with Crippen molar-refractivity contribution in [2.24, 2.45) is 5.92 Å².